The highest BCUT2D eigenvalue weighted by molar-refractivity contribution is 5.91. The summed E-state index contributed by atoms with van der Waals surface area (Å²) >= 11 is 0. The summed E-state index contributed by atoms with van der Waals surface area (Å²) < 4.78 is 7.16. The fraction of sp³-hybridized carbons (Fsp3) is 0.0476. The number of hydrogen-bond donors (Lipinski definition) is 1. The third-order valence-electron chi connectivity index (χ3n) is 4.11. The molecule has 0 aliphatic rings. The van der Waals surface area contributed by atoms with Crippen LogP contribution in [-0.2, 0) is 0 Å². The van der Waals surface area contributed by atoms with E-state index in [2.05, 4.69) is 15.3 Å². The summed E-state index contributed by atoms with van der Waals surface area (Å²) in [4.78, 5) is 11.5. The van der Waals surface area contributed by atoms with Crippen molar-refractivity contribution in [1.82, 2.24) is 20.0 Å². The number of para-hydroxylation sites is 1. The summed E-state index contributed by atoms with van der Waals surface area (Å²) in [7, 11) is 0. The molecule has 0 aliphatic heterocycles. The molecule has 0 radical (unpaired) electrons. The summed E-state index contributed by atoms with van der Waals surface area (Å²) in [5.74, 6) is -0.433. The van der Waals surface area contributed by atoms with Gasteiger partial charge in [0.2, 0.25) is 11.8 Å². The summed E-state index contributed by atoms with van der Waals surface area (Å²) in [6.45, 7) is 2.00. The largest absolute Gasteiger partial charge is 0.476 e. The van der Waals surface area contributed by atoms with E-state index in [4.69, 9.17) is 4.42 Å². The second kappa shape index (κ2) is 7.32. The zero-order valence-corrected chi connectivity index (χ0v) is 15.0. The number of aromatic carboxylic acids is 1. The van der Waals surface area contributed by atoms with Crippen LogP contribution in [0.15, 0.2) is 65.2 Å². The molecule has 1 N–H and O–H groups in total. The number of nitrogens with zero attached hydrogens (tertiary/aromatic N) is 4. The maximum atomic E-state index is 11.5. The van der Waals surface area contributed by atoms with Crippen LogP contribution in [0.4, 0.5) is 0 Å². The van der Waals surface area contributed by atoms with Crippen molar-refractivity contribution < 1.29 is 14.3 Å². The van der Waals surface area contributed by atoms with Gasteiger partial charge in [0.15, 0.2) is 5.69 Å². The van der Waals surface area contributed by atoms with Gasteiger partial charge in [0, 0.05) is 23.4 Å². The predicted molar refractivity (Wildman–Crippen MR) is 104 cm³/mol. The third-order valence-corrected chi connectivity index (χ3v) is 4.11. The Bertz CT molecular complexity index is 1140. The number of carboxylic acid groups (broad SMARTS) is 1. The fourth-order valence-corrected chi connectivity index (χ4v) is 2.66. The smallest absolute Gasteiger partial charge is 0.357 e. The normalized spacial score (nSPS) is 11.2. The van der Waals surface area contributed by atoms with Gasteiger partial charge in [0.1, 0.15) is 0 Å². The number of carbonyl (C=O) groups is 1. The van der Waals surface area contributed by atoms with Crippen LogP contribution in [0.2, 0.25) is 0 Å². The van der Waals surface area contributed by atoms with Gasteiger partial charge >= 0.3 is 5.97 Å². The second-order valence-electron chi connectivity index (χ2n) is 6.16. The Morgan fingerprint density at radius 3 is 2.50 bits per heavy atom. The van der Waals surface area contributed by atoms with Gasteiger partial charge in [-0.2, -0.15) is 5.10 Å². The molecule has 4 rings (SSSR count). The molecule has 138 valence electrons. The van der Waals surface area contributed by atoms with E-state index in [9.17, 15) is 9.90 Å². The quantitative estimate of drug-likeness (QED) is 0.567. The number of rotatable bonds is 5. The topological polar surface area (TPSA) is 94.0 Å². The first-order valence-corrected chi connectivity index (χ1v) is 8.57. The van der Waals surface area contributed by atoms with Gasteiger partial charge in [-0.1, -0.05) is 35.9 Å². The van der Waals surface area contributed by atoms with Gasteiger partial charge in [0.05, 0.1) is 5.69 Å². The lowest BCUT2D eigenvalue weighted by Gasteiger charge is -1.98. The maximum absolute atomic E-state index is 11.5. The SMILES string of the molecule is Cc1ccc(-c2nnc(/C=C/c3cn(-c4ccccc4)nc3C(=O)O)o2)cc1. The van der Waals surface area contributed by atoms with Gasteiger partial charge in [-0.05, 0) is 37.3 Å². The van der Waals surface area contributed by atoms with Crippen LogP contribution in [0.5, 0.6) is 0 Å². The summed E-state index contributed by atoms with van der Waals surface area (Å²) in [6, 6.07) is 17.0. The zero-order chi connectivity index (χ0) is 19.5. The first-order chi connectivity index (χ1) is 13.6. The van der Waals surface area contributed by atoms with Crippen molar-refractivity contribution in [3.05, 3.63) is 83.5 Å². The Labute approximate surface area is 160 Å². The molecule has 0 spiro atoms. The zero-order valence-electron chi connectivity index (χ0n) is 15.0. The molecule has 0 atom stereocenters. The molecule has 0 saturated carbocycles. The number of aryl methyl sites for hydroxylation is 1. The lowest BCUT2D eigenvalue weighted by molar-refractivity contribution is 0.0689. The van der Waals surface area contributed by atoms with Crippen molar-refractivity contribution in [3.8, 4) is 17.1 Å². The molecule has 0 unspecified atom stereocenters. The van der Waals surface area contributed by atoms with Crippen LogP contribution in [0, 0.1) is 6.92 Å². The molecule has 2 heterocycles. The highest BCUT2D eigenvalue weighted by Gasteiger charge is 2.15. The molecule has 0 saturated heterocycles. The maximum Gasteiger partial charge on any atom is 0.357 e. The van der Waals surface area contributed by atoms with E-state index < -0.39 is 5.97 Å². The Morgan fingerprint density at radius 1 is 1.04 bits per heavy atom. The van der Waals surface area contributed by atoms with E-state index >= 15 is 0 Å². The van der Waals surface area contributed by atoms with Crippen LogP contribution in [0.3, 0.4) is 0 Å². The number of aromatic nitrogens is 4. The van der Waals surface area contributed by atoms with Crippen LogP contribution in [0.25, 0.3) is 29.3 Å². The van der Waals surface area contributed by atoms with E-state index in [0.717, 1.165) is 16.8 Å². The molecule has 2 aromatic heterocycles. The van der Waals surface area contributed by atoms with Gasteiger partial charge < -0.3 is 9.52 Å². The van der Waals surface area contributed by atoms with Crippen LogP contribution in [-0.4, -0.2) is 31.1 Å². The molecule has 7 nitrogen and oxygen atoms in total. The lowest BCUT2D eigenvalue weighted by atomic mass is 10.1. The van der Waals surface area contributed by atoms with Crippen molar-refractivity contribution in [3.63, 3.8) is 0 Å². The summed E-state index contributed by atoms with van der Waals surface area (Å²) in [5.41, 5.74) is 3.11. The number of benzene rings is 2. The summed E-state index contributed by atoms with van der Waals surface area (Å²) in [5, 5.41) is 21.6. The fourth-order valence-electron chi connectivity index (χ4n) is 2.66. The van der Waals surface area contributed by atoms with Crippen molar-refractivity contribution in [2.24, 2.45) is 0 Å². The molecular formula is C21H16N4O3. The Kier molecular flexibility index (Phi) is 4.55. The number of carboxylic acids is 1. The summed E-state index contributed by atoms with van der Waals surface area (Å²) in [6.07, 6.45) is 4.82. The highest BCUT2D eigenvalue weighted by Crippen LogP contribution is 2.20. The van der Waals surface area contributed by atoms with E-state index in [1.807, 2.05) is 61.5 Å². The van der Waals surface area contributed by atoms with Crippen LogP contribution in [0.1, 0.15) is 27.5 Å². The van der Waals surface area contributed by atoms with Gasteiger partial charge in [-0.3, -0.25) is 0 Å². The minimum atomic E-state index is -1.11. The van der Waals surface area contributed by atoms with Crippen LogP contribution < -0.4 is 0 Å². The Hall–Kier alpha value is -4.00. The van der Waals surface area contributed by atoms with E-state index in [0.29, 0.717) is 11.5 Å². The number of hydrogen-bond acceptors (Lipinski definition) is 5. The van der Waals surface area contributed by atoms with Crippen molar-refractivity contribution in [2.75, 3.05) is 0 Å². The monoisotopic (exact) mass is 372 g/mol. The highest BCUT2D eigenvalue weighted by atomic mass is 16.4. The second-order valence-corrected chi connectivity index (χ2v) is 6.16. The van der Waals surface area contributed by atoms with Gasteiger partial charge in [-0.15, -0.1) is 10.2 Å². The molecule has 0 amide bonds. The van der Waals surface area contributed by atoms with Crippen molar-refractivity contribution in [1.29, 1.82) is 0 Å². The van der Waals surface area contributed by atoms with Crippen LogP contribution >= 0.6 is 0 Å². The minimum Gasteiger partial charge on any atom is -0.476 e. The van der Waals surface area contributed by atoms with Crippen molar-refractivity contribution >= 4 is 18.1 Å². The molecule has 0 fully saturated rings. The lowest BCUT2D eigenvalue weighted by Crippen LogP contribution is -2.01. The first kappa shape index (κ1) is 17.4. The molecule has 4 aromatic rings. The average molecular weight is 372 g/mol. The van der Waals surface area contributed by atoms with Gasteiger partial charge in [0.25, 0.3) is 0 Å². The van der Waals surface area contributed by atoms with E-state index in [1.54, 1.807) is 18.3 Å². The standard InChI is InChI=1S/C21H16N4O3/c1-14-7-9-15(10-8-14)20-23-22-18(28-20)12-11-16-13-25(24-19(16)21(26)27)17-5-3-2-4-6-17/h2-13H,1H3,(H,26,27)/b12-11+. The van der Waals surface area contributed by atoms with E-state index in [1.165, 1.54) is 4.68 Å². The van der Waals surface area contributed by atoms with E-state index in [-0.39, 0.29) is 11.6 Å². The molecule has 0 bridgehead atoms. The molecule has 7 heteroatoms. The first-order valence-electron chi connectivity index (χ1n) is 8.57. The third kappa shape index (κ3) is 3.59. The predicted octanol–water partition coefficient (Wildman–Crippen LogP) is 4.10. The molecule has 0 aliphatic carbocycles. The van der Waals surface area contributed by atoms with Crippen molar-refractivity contribution in [2.45, 2.75) is 6.92 Å². The minimum absolute atomic E-state index is 0.0571. The van der Waals surface area contributed by atoms with Gasteiger partial charge in [-0.25, -0.2) is 9.48 Å². The Balaban J connectivity index is 1.62. The molecule has 2 aromatic carbocycles. The molecular weight excluding hydrogens is 356 g/mol. The average Bonchev–Trinajstić information content (AvgIpc) is 3.35. The molecule has 28 heavy (non-hydrogen) atoms. The Morgan fingerprint density at radius 2 is 1.79 bits per heavy atom.